The Labute approximate surface area is 201 Å². The largest absolute Gasteiger partial charge is 0.468 e. The third-order valence-corrected chi connectivity index (χ3v) is 6.16. The van der Waals surface area contributed by atoms with E-state index in [1.807, 2.05) is 30.3 Å². The Hall–Kier alpha value is -2.90. The van der Waals surface area contributed by atoms with Gasteiger partial charge in [0.25, 0.3) is 5.17 Å². The number of ether oxygens (including phenoxy) is 3. The molecule has 2 aromatic heterocycles. The highest BCUT2D eigenvalue weighted by atomic mass is 32.1. The Morgan fingerprint density at radius 3 is 2.82 bits per heavy atom. The molecule has 4 heterocycles. The Kier molecular flexibility index (Phi) is 6.83. The quantitative estimate of drug-likeness (QED) is 0.352. The van der Waals surface area contributed by atoms with Gasteiger partial charge in [-0.05, 0) is 24.2 Å². The molecular formula is C22H26N6O5S. The van der Waals surface area contributed by atoms with Crippen molar-refractivity contribution in [2.24, 2.45) is 0 Å². The van der Waals surface area contributed by atoms with Crippen LogP contribution in [0, 0.1) is 0 Å². The summed E-state index contributed by atoms with van der Waals surface area (Å²) in [5.41, 5.74) is 2.09. The van der Waals surface area contributed by atoms with Crippen LogP contribution in [-0.2, 0) is 20.8 Å². The van der Waals surface area contributed by atoms with Gasteiger partial charge in [-0.3, -0.25) is 4.57 Å². The number of hydrogen-bond donors (Lipinski definition) is 4. The molecule has 0 bridgehead atoms. The smallest absolute Gasteiger partial charge is 0.256 e. The van der Waals surface area contributed by atoms with Crippen LogP contribution in [0.15, 0.2) is 43.0 Å². The van der Waals surface area contributed by atoms with Crippen molar-refractivity contribution in [3.63, 3.8) is 0 Å². The van der Waals surface area contributed by atoms with E-state index in [4.69, 9.17) is 26.4 Å². The van der Waals surface area contributed by atoms with Crippen molar-refractivity contribution in [3.8, 4) is 0 Å². The van der Waals surface area contributed by atoms with Crippen LogP contribution in [0.5, 0.6) is 0 Å². The van der Waals surface area contributed by atoms with Gasteiger partial charge in [-0.15, -0.1) is 0 Å². The van der Waals surface area contributed by atoms with E-state index in [1.54, 1.807) is 4.57 Å². The second-order valence-corrected chi connectivity index (χ2v) is 8.61. The third kappa shape index (κ3) is 4.81. The van der Waals surface area contributed by atoms with E-state index in [2.05, 4.69) is 25.6 Å². The average Bonchev–Trinajstić information content (AvgIpc) is 3.59. The molecule has 11 nitrogen and oxygen atoms in total. The fraction of sp³-hybridized carbons (Fsp3) is 0.455. The van der Waals surface area contributed by atoms with Crippen LogP contribution in [0.4, 0.5) is 5.82 Å². The Morgan fingerprint density at radius 1 is 1.18 bits per heavy atom. The Balaban J connectivity index is 1.22. The Bertz CT molecular complexity index is 1130. The van der Waals surface area contributed by atoms with Crippen molar-refractivity contribution in [1.29, 1.82) is 0 Å². The summed E-state index contributed by atoms with van der Waals surface area (Å²) in [7, 11) is 0. The predicted octanol–water partition coefficient (Wildman–Crippen LogP) is 0.738. The summed E-state index contributed by atoms with van der Waals surface area (Å²) in [6, 6.07) is 9.93. The summed E-state index contributed by atoms with van der Waals surface area (Å²) >= 11 is 5.22. The maximum Gasteiger partial charge on any atom is 0.256 e. The minimum atomic E-state index is -1.20. The molecular weight excluding hydrogens is 460 g/mol. The summed E-state index contributed by atoms with van der Waals surface area (Å²) in [4.78, 5) is 13.0. The molecule has 0 spiro atoms. The molecule has 0 aliphatic carbocycles. The highest BCUT2D eigenvalue weighted by molar-refractivity contribution is 7.80. The molecule has 2 saturated heterocycles. The van der Waals surface area contributed by atoms with Gasteiger partial charge in [0.2, 0.25) is 0 Å². The second kappa shape index (κ2) is 10.2. The zero-order valence-electron chi connectivity index (χ0n) is 18.3. The van der Waals surface area contributed by atoms with Crippen LogP contribution in [-0.4, -0.2) is 79.1 Å². The van der Waals surface area contributed by atoms with Gasteiger partial charge < -0.3 is 35.1 Å². The van der Waals surface area contributed by atoms with Crippen molar-refractivity contribution in [1.82, 2.24) is 24.8 Å². The molecule has 0 amide bonds. The maximum atomic E-state index is 10.7. The highest BCUT2D eigenvalue weighted by Gasteiger charge is 2.45. The summed E-state index contributed by atoms with van der Waals surface area (Å²) in [6.45, 7) is 1.80. The fourth-order valence-electron chi connectivity index (χ4n) is 4.06. The number of benzene rings is 1. The molecule has 180 valence electrons. The van der Waals surface area contributed by atoms with Crippen LogP contribution in [0.2, 0.25) is 0 Å². The van der Waals surface area contributed by atoms with E-state index < -0.39 is 24.5 Å². The van der Waals surface area contributed by atoms with E-state index in [0.29, 0.717) is 36.7 Å². The maximum absolute atomic E-state index is 10.7. The van der Waals surface area contributed by atoms with Crippen LogP contribution in [0.3, 0.4) is 0 Å². The monoisotopic (exact) mass is 486 g/mol. The van der Waals surface area contributed by atoms with Gasteiger partial charge in [0.05, 0.1) is 19.0 Å². The number of fused-ring (bicyclic) bond motifs is 1. The lowest BCUT2D eigenvalue weighted by atomic mass is 10.1. The van der Waals surface area contributed by atoms with Gasteiger partial charge in [0.15, 0.2) is 23.2 Å². The van der Waals surface area contributed by atoms with Gasteiger partial charge in [-0.2, -0.15) is 0 Å². The number of aliphatic hydroxyl groups excluding tert-OH is 2. The summed E-state index contributed by atoms with van der Waals surface area (Å²) < 4.78 is 18.5. The van der Waals surface area contributed by atoms with E-state index in [-0.39, 0.29) is 17.8 Å². The van der Waals surface area contributed by atoms with Crippen molar-refractivity contribution >= 4 is 34.4 Å². The zero-order chi connectivity index (χ0) is 23.5. The number of aliphatic hydroxyl groups is 2. The molecule has 5 rings (SSSR count). The first kappa shape index (κ1) is 22.9. The number of aromatic nitrogens is 4. The lowest BCUT2D eigenvalue weighted by Gasteiger charge is -2.17. The standard InChI is InChI=1S/C22H26N6O5S/c29-17-15(10-32-22(34)23-8-13-4-2-1-3-5-13)33-21(18(17)30)28-12-26-16-19(24-11-25-20(16)28)27-14-6-7-31-9-14/h1-5,11-12,14-15,17-18,21,29-30H,6-10H2,(H,23,34)(H,24,25,27)/t14?,15-,17-,18-,21?/m1/s1. The van der Waals surface area contributed by atoms with Gasteiger partial charge in [-0.1, -0.05) is 30.3 Å². The topological polar surface area (TPSA) is 136 Å². The molecule has 0 radical (unpaired) electrons. The Morgan fingerprint density at radius 2 is 2.03 bits per heavy atom. The molecule has 4 N–H and O–H groups in total. The van der Waals surface area contributed by atoms with E-state index >= 15 is 0 Å². The predicted molar refractivity (Wildman–Crippen MR) is 126 cm³/mol. The first-order valence-corrected chi connectivity index (χ1v) is 11.5. The number of rotatable bonds is 7. The normalized spacial score (nSPS) is 26.6. The molecule has 2 unspecified atom stereocenters. The molecule has 2 fully saturated rings. The number of hydrogen-bond acceptors (Lipinski definition) is 10. The highest BCUT2D eigenvalue weighted by Crippen LogP contribution is 2.32. The SMILES string of the molecule is O[C@@H]1[C@@H](COC(=S)NCc2ccccc2)OC(n2cnc3c(NC4CCOC4)ncnc32)[C@@H]1O. The molecule has 3 aromatic rings. The van der Waals surface area contributed by atoms with Crippen molar-refractivity contribution < 1.29 is 24.4 Å². The average molecular weight is 487 g/mol. The number of nitrogens with one attached hydrogen (secondary N) is 2. The number of thiocarbonyl (C=S) groups is 1. The van der Waals surface area contributed by atoms with Crippen molar-refractivity contribution in [2.75, 3.05) is 25.1 Å². The van der Waals surface area contributed by atoms with Crippen LogP contribution in [0.1, 0.15) is 18.2 Å². The lowest BCUT2D eigenvalue weighted by molar-refractivity contribution is -0.0491. The van der Waals surface area contributed by atoms with Gasteiger partial charge in [-0.25, -0.2) is 15.0 Å². The molecule has 2 aliphatic heterocycles. The second-order valence-electron chi connectivity index (χ2n) is 8.24. The first-order chi connectivity index (χ1) is 16.6. The van der Waals surface area contributed by atoms with E-state index in [9.17, 15) is 10.2 Å². The van der Waals surface area contributed by atoms with Crippen molar-refractivity contribution in [3.05, 3.63) is 48.5 Å². The van der Waals surface area contributed by atoms with E-state index in [1.165, 1.54) is 12.7 Å². The molecule has 5 atom stereocenters. The summed E-state index contributed by atoms with van der Waals surface area (Å²) in [5.74, 6) is 0.585. The van der Waals surface area contributed by atoms with Crippen LogP contribution >= 0.6 is 12.2 Å². The number of imidazole rings is 1. The summed E-state index contributed by atoms with van der Waals surface area (Å²) in [5, 5.41) is 27.7. The lowest BCUT2D eigenvalue weighted by Crippen LogP contribution is -2.35. The number of anilines is 1. The fourth-order valence-corrected chi connectivity index (χ4v) is 4.20. The zero-order valence-corrected chi connectivity index (χ0v) is 19.1. The molecule has 12 heteroatoms. The molecule has 0 saturated carbocycles. The van der Waals surface area contributed by atoms with Gasteiger partial charge >= 0.3 is 0 Å². The molecule has 1 aromatic carbocycles. The first-order valence-electron chi connectivity index (χ1n) is 11.1. The third-order valence-electron chi connectivity index (χ3n) is 5.90. The van der Waals surface area contributed by atoms with Crippen molar-refractivity contribution in [2.45, 2.75) is 43.5 Å². The molecule has 2 aliphatic rings. The van der Waals surface area contributed by atoms with Gasteiger partial charge in [0.1, 0.15) is 31.2 Å². The minimum Gasteiger partial charge on any atom is -0.468 e. The number of nitrogens with zero attached hydrogens (tertiary/aromatic N) is 4. The minimum absolute atomic E-state index is 0.0224. The molecule has 34 heavy (non-hydrogen) atoms. The van der Waals surface area contributed by atoms with Crippen LogP contribution < -0.4 is 10.6 Å². The van der Waals surface area contributed by atoms with E-state index in [0.717, 1.165) is 12.0 Å². The van der Waals surface area contributed by atoms with Crippen LogP contribution in [0.25, 0.3) is 11.2 Å². The summed E-state index contributed by atoms with van der Waals surface area (Å²) in [6.07, 6.45) is -0.228. The van der Waals surface area contributed by atoms with Gasteiger partial charge in [0, 0.05) is 13.2 Å².